The monoisotopic (exact) mass is 659 g/mol. The number of halogens is 4. The van der Waals surface area contributed by atoms with Gasteiger partial charge < -0.3 is 18.8 Å². The summed E-state index contributed by atoms with van der Waals surface area (Å²) in [5.41, 5.74) is 1.49. The van der Waals surface area contributed by atoms with Crippen LogP contribution < -0.4 is 9.47 Å². The zero-order chi connectivity index (χ0) is 30.2. The summed E-state index contributed by atoms with van der Waals surface area (Å²) in [5.74, 6) is -0.630. The molecule has 1 aliphatic rings. The molecule has 0 spiro atoms. The van der Waals surface area contributed by atoms with Crippen LogP contribution >= 0.6 is 35.0 Å². The highest BCUT2D eigenvalue weighted by Crippen LogP contribution is 2.38. The van der Waals surface area contributed by atoms with E-state index >= 15 is 0 Å². The highest BCUT2D eigenvalue weighted by Gasteiger charge is 2.26. The van der Waals surface area contributed by atoms with Crippen LogP contribution in [0.3, 0.4) is 0 Å². The van der Waals surface area contributed by atoms with Crippen LogP contribution in [0.15, 0.2) is 59.8 Å². The Hall–Kier alpha value is -2.48. The van der Waals surface area contributed by atoms with E-state index < -0.39 is 36.5 Å². The maximum Gasteiger partial charge on any atom is 0.387 e. The van der Waals surface area contributed by atoms with Crippen LogP contribution in [-0.2, 0) is 33.8 Å². The number of hydrogen-bond acceptors (Lipinski definition) is 8. The summed E-state index contributed by atoms with van der Waals surface area (Å²) in [5, 5.41) is 0.449. The molecule has 226 valence electrons. The maximum atomic E-state index is 13.1. The molecular weight excluding hydrogens is 633 g/mol. The summed E-state index contributed by atoms with van der Waals surface area (Å²) in [6, 6.07) is 11.5. The van der Waals surface area contributed by atoms with Crippen LogP contribution in [0.5, 0.6) is 11.5 Å². The first kappa shape index (κ1) is 32.4. The van der Waals surface area contributed by atoms with Crippen molar-refractivity contribution in [1.29, 1.82) is 0 Å². The number of alkyl halides is 2. The van der Waals surface area contributed by atoms with Gasteiger partial charge in [0, 0.05) is 41.5 Å². The van der Waals surface area contributed by atoms with E-state index in [0.29, 0.717) is 29.2 Å². The number of rotatable bonds is 15. The fraction of sp³-hybridized carbons (Fsp3) is 0.357. The molecule has 42 heavy (non-hydrogen) atoms. The van der Waals surface area contributed by atoms with Crippen LogP contribution in [0.1, 0.15) is 35.6 Å². The quantitative estimate of drug-likeness (QED) is 0.102. The Morgan fingerprint density at radius 1 is 1.14 bits per heavy atom. The highest BCUT2D eigenvalue weighted by atomic mass is 35.5. The summed E-state index contributed by atoms with van der Waals surface area (Å²) in [6.07, 6.45) is 5.59. The molecule has 14 heteroatoms. The Morgan fingerprint density at radius 2 is 1.83 bits per heavy atom. The lowest BCUT2D eigenvalue weighted by molar-refractivity contribution is -0.149. The number of thioether (sulfide) groups is 1. The second-order valence-corrected chi connectivity index (χ2v) is 12.1. The predicted molar refractivity (Wildman–Crippen MR) is 156 cm³/mol. The molecular formula is C28H27Cl2F2N2O6S2-. The van der Waals surface area contributed by atoms with Crippen molar-refractivity contribution in [2.75, 3.05) is 19.4 Å². The molecule has 0 bridgehead atoms. The lowest BCUT2D eigenvalue weighted by Gasteiger charge is -2.26. The molecule has 0 aliphatic heterocycles. The summed E-state index contributed by atoms with van der Waals surface area (Å²) < 4.78 is 67.2. The van der Waals surface area contributed by atoms with Crippen molar-refractivity contribution in [3.05, 3.63) is 81.6 Å². The predicted octanol–water partition coefficient (Wildman–Crippen LogP) is 6.62. The van der Waals surface area contributed by atoms with Gasteiger partial charge in [0.15, 0.2) is 11.5 Å². The van der Waals surface area contributed by atoms with Crippen molar-refractivity contribution in [1.82, 2.24) is 9.29 Å². The minimum absolute atomic E-state index is 0.0142. The molecule has 0 radical (unpaired) electrons. The molecule has 1 fully saturated rings. The summed E-state index contributed by atoms with van der Waals surface area (Å²) in [7, 11) is 0. The van der Waals surface area contributed by atoms with Gasteiger partial charge in [-0.2, -0.15) is 8.78 Å². The molecule has 1 aliphatic carbocycles. The first-order valence-electron chi connectivity index (χ1n) is 12.8. The number of carbonyl (C=O) groups excluding carboxylic acids is 1. The van der Waals surface area contributed by atoms with Crippen molar-refractivity contribution >= 4 is 52.2 Å². The van der Waals surface area contributed by atoms with Crippen molar-refractivity contribution in [2.45, 2.75) is 43.4 Å². The topological polar surface area (TPSA) is 101 Å². The van der Waals surface area contributed by atoms with Crippen molar-refractivity contribution < 1.29 is 36.5 Å². The fourth-order valence-electron chi connectivity index (χ4n) is 4.01. The third kappa shape index (κ3) is 9.51. The number of ether oxygens (including phenoxy) is 3. The van der Waals surface area contributed by atoms with E-state index in [1.165, 1.54) is 30.6 Å². The Balaban J connectivity index is 1.59. The van der Waals surface area contributed by atoms with E-state index in [-0.39, 0.29) is 34.5 Å². The van der Waals surface area contributed by atoms with Gasteiger partial charge in [0.25, 0.3) is 0 Å². The number of aromatic nitrogens is 1. The van der Waals surface area contributed by atoms with Crippen LogP contribution in [0.25, 0.3) is 0 Å². The third-order valence-corrected chi connectivity index (χ3v) is 8.45. The van der Waals surface area contributed by atoms with E-state index in [9.17, 15) is 22.3 Å². The average molecular weight is 661 g/mol. The lowest BCUT2D eigenvalue weighted by atomic mass is 10.0. The first-order valence-corrected chi connectivity index (χ1v) is 15.8. The van der Waals surface area contributed by atoms with Gasteiger partial charge in [0.05, 0.1) is 16.7 Å². The Morgan fingerprint density at radius 3 is 2.43 bits per heavy atom. The van der Waals surface area contributed by atoms with Gasteiger partial charge >= 0.3 is 12.6 Å². The SMILES string of the molecule is CSc1ccc(CN(CC(=O)O[C@@H](Cc2c(Cl)cncc2Cl)c2ccc(OC(F)F)c(OCC3CC3)c2)S(=O)[O-])cc1. The van der Waals surface area contributed by atoms with Crippen molar-refractivity contribution in [3.63, 3.8) is 0 Å². The van der Waals surface area contributed by atoms with E-state index in [2.05, 4.69) is 9.72 Å². The molecule has 8 nitrogen and oxygen atoms in total. The van der Waals surface area contributed by atoms with E-state index in [1.807, 2.05) is 18.4 Å². The van der Waals surface area contributed by atoms with Gasteiger partial charge in [-0.3, -0.25) is 14.0 Å². The zero-order valence-corrected chi connectivity index (χ0v) is 25.5. The molecule has 4 rings (SSSR count). The minimum atomic E-state index is -3.07. The van der Waals surface area contributed by atoms with Crippen LogP contribution in [0.4, 0.5) is 8.78 Å². The number of hydrogen-bond donors (Lipinski definition) is 0. The van der Waals surface area contributed by atoms with Crippen molar-refractivity contribution in [2.24, 2.45) is 5.92 Å². The molecule has 1 saturated carbocycles. The molecule has 0 amide bonds. The normalized spacial score (nSPS) is 14.6. The van der Waals surface area contributed by atoms with E-state index in [1.54, 1.807) is 23.9 Å². The molecule has 1 heterocycles. The summed E-state index contributed by atoms with van der Waals surface area (Å²) in [4.78, 5) is 18.1. The van der Waals surface area contributed by atoms with Gasteiger partial charge in [-0.1, -0.05) is 41.4 Å². The zero-order valence-electron chi connectivity index (χ0n) is 22.3. The van der Waals surface area contributed by atoms with Crippen LogP contribution in [0, 0.1) is 5.92 Å². The number of carbonyl (C=O) groups is 1. The van der Waals surface area contributed by atoms with Crippen LogP contribution in [-0.4, -0.2) is 50.0 Å². The number of nitrogens with zero attached hydrogens (tertiary/aromatic N) is 2. The fourth-order valence-corrected chi connectivity index (χ4v) is 5.40. The number of esters is 1. The maximum absolute atomic E-state index is 13.1. The minimum Gasteiger partial charge on any atom is -0.760 e. The Labute approximate surface area is 259 Å². The summed E-state index contributed by atoms with van der Waals surface area (Å²) >= 11 is 11.5. The first-order chi connectivity index (χ1) is 20.1. The second kappa shape index (κ2) is 15.3. The molecule has 3 aromatic rings. The molecule has 1 unspecified atom stereocenters. The van der Waals surface area contributed by atoms with Crippen LogP contribution in [0.2, 0.25) is 10.0 Å². The average Bonchev–Trinajstić information content (AvgIpc) is 3.78. The molecule has 0 N–H and O–H groups in total. The number of pyridine rings is 1. The molecule has 2 aromatic carbocycles. The van der Waals surface area contributed by atoms with Crippen molar-refractivity contribution in [3.8, 4) is 11.5 Å². The smallest absolute Gasteiger partial charge is 0.387 e. The van der Waals surface area contributed by atoms with Gasteiger partial charge in [0.2, 0.25) is 0 Å². The lowest BCUT2D eigenvalue weighted by Crippen LogP contribution is -2.33. The standard InChI is InChI=1S/C28H28Cl2F2N2O6S2/c1-41-20-7-4-17(5-8-20)14-34(42(36)37)15-27(35)39-25(11-21-22(29)12-33-13-23(21)30)19-6-9-24(40-28(31)32)26(10-19)38-16-18-2-3-18/h4-10,12-13,18,25,28H,2-3,11,14-16H2,1H3,(H,36,37)/p-1/t25-/m0/s1. The molecule has 0 saturated heterocycles. The van der Waals surface area contributed by atoms with Gasteiger partial charge in [-0.05, 0) is 66.0 Å². The van der Waals surface area contributed by atoms with Gasteiger partial charge in [-0.15, -0.1) is 11.8 Å². The third-order valence-electron chi connectivity index (χ3n) is 6.38. The molecule has 2 atom stereocenters. The summed E-state index contributed by atoms with van der Waals surface area (Å²) in [6.45, 7) is -3.38. The molecule has 1 aromatic heterocycles. The van der Waals surface area contributed by atoms with E-state index in [0.717, 1.165) is 22.0 Å². The highest BCUT2D eigenvalue weighted by molar-refractivity contribution is 7.98. The van der Waals surface area contributed by atoms with E-state index in [4.69, 9.17) is 32.7 Å². The Kier molecular flexibility index (Phi) is 11.8. The van der Waals surface area contributed by atoms with Gasteiger partial charge in [-0.25, -0.2) is 4.31 Å². The largest absolute Gasteiger partial charge is 0.760 e. The van der Waals surface area contributed by atoms with Gasteiger partial charge in [0.1, 0.15) is 12.6 Å². The second-order valence-electron chi connectivity index (χ2n) is 9.47. The Bertz CT molecular complexity index is 1380. The number of benzene rings is 2.